The highest BCUT2D eigenvalue weighted by Gasteiger charge is 2.38. The number of anilines is 1. The number of halogens is 1. The number of hydrogen-bond acceptors (Lipinski definition) is 5. The molecule has 2 aromatic carbocycles. The first-order valence-corrected chi connectivity index (χ1v) is 12.2. The molecule has 2 aromatic rings. The van der Waals surface area contributed by atoms with Gasteiger partial charge in [0.25, 0.3) is 5.91 Å². The lowest BCUT2D eigenvalue weighted by molar-refractivity contribution is -0.129. The number of fused-ring (bicyclic) bond motifs is 1. The molecule has 2 N–H and O–H groups in total. The molecule has 9 nitrogen and oxygen atoms in total. The van der Waals surface area contributed by atoms with Crippen LogP contribution in [0.2, 0.25) is 5.02 Å². The lowest BCUT2D eigenvalue weighted by Crippen LogP contribution is -2.34. The summed E-state index contributed by atoms with van der Waals surface area (Å²) in [6, 6.07) is 7.62. The highest BCUT2D eigenvalue weighted by atomic mass is 35.5. The average Bonchev–Trinajstić information content (AvgIpc) is 3.68. The lowest BCUT2D eigenvalue weighted by Gasteiger charge is -2.29. The number of methoxy groups -OCH3 is 1. The van der Waals surface area contributed by atoms with Crippen molar-refractivity contribution in [1.29, 1.82) is 0 Å². The number of carbonyl (C=O) groups excluding carboxylic acids is 2. The van der Waals surface area contributed by atoms with Gasteiger partial charge in [0.1, 0.15) is 0 Å². The van der Waals surface area contributed by atoms with E-state index < -0.39 is 18.0 Å². The van der Waals surface area contributed by atoms with Crippen molar-refractivity contribution >= 4 is 35.2 Å². The first-order valence-electron chi connectivity index (χ1n) is 11.8. The van der Waals surface area contributed by atoms with Gasteiger partial charge in [0.15, 0.2) is 11.5 Å². The first-order chi connectivity index (χ1) is 17.2. The first kappa shape index (κ1) is 27.1. The van der Waals surface area contributed by atoms with Crippen LogP contribution in [0.1, 0.15) is 60.1 Å². The van der Waals surface area contributed by atoms with Gasteiger partial charge in [-0.05, 0) is 36.8 Å². The molecule has 10 heteroatoms. The molecular weight excluding hydrogens is 486 g/mol. The van der Waals surface area contributed by atoms with Crippen LogP contribution >= 0.6 is 11.6 Å². The number of rotatable bonds is 8. The van der Waals surface area contributed by atoms with E-state index >= 15 is 0 Å². The van der Waals surface area contributed by atoms with E-state index in [4.69, 9.17) is 21.1 Å². The molecule has 0 unspecified atom stereocenters. The minimum atomic E-state index is -1.29. The second-order valence-corrected chi connectivity index (χ2v) is 9.13. The third-order valence-electron chi connectivity index (χ3n) is 5.77. The molecular formula is C26H32ClN3O6. The number of benzene rings is 2. The predicted molar refractivity (Wildman–Crippen MR) is 137 cm³/mol. The SMILES string of the molecule is C1CC1.CCOc1cc([C@@H](CC(=O)N(C)C)N2Cc3c(Cl)ccc(NC(=O)O)c3C2=O)ccc1OC. The summed E-state index contributed by atoms with van der Waals surface area (Å²) in [5.74, 6) is 0.439. The molecule has 1 atom stereocenters. The number of amides is 3. The minimum absolute atomic E-state index is 0.0178. The van der Waals surface area contributed by atoms with Crippen LogP contribution in [0.3, 0.4) is 0 Å². The van der Waals surface area contributed by atoms with Crippen LogP contribution in [0, 0.1) is 0 Å². The second-order valence-electron chi connectivity index (χ2n) is 8.72. The molecule has 1 aliphatic carbocycles. The van der Waals surface area contributed by atoms with Crippen LogP contribution < -0.4 is 14.8 Å². The maximum Gasteiger partial charge on any atom is 0.409 e. The van der Waals surface area contributed by atoms with Gasteiger partial charge in [0.05, 0.1) is 37.4 Å². The maximum absolute atomic E-state index is 13.5. The minimum Gasteiger partial charge on any atom is -0.493 e. The summed E-state index contributed by atoms with van der Waals surface area (Å²) in [6.07, 6.45) is 3.23. The topological polar surface area (TPSA) is 108 Å². The molecule has 3 amide bonds. The highest BCUT2D eigenvalue weighted by Crippen LogP contribution is 2.41. The summed E-state index contributed by atoms with van der Waals surface area (Å²) in [4.78, 5) is 40.4. The third kappa shape index (κ3) is 6.40. The van der Waals surface area contributed by atoms with Gasteiger partial charge >= 0.3 is 6.09 Å². The largest absolute Gasteiger partial charge is 0.493 e. The van der Waals surface area contributed by atoms with Crippen LogP contribution in [0.25, 0.3) is 0 Å². The van der Waals surface area contributed by atoms with E-state index in [2.05, 4.69) is 5.32 Å². The van der Waals surface area contributed by atoms with Crippen molar-refractivity contribution in [3.8, 4) is 11.5 Å². The Bertz CT molecular complexity index is 1130. The smallest absolute Gasteiger partial charge is 0.409 e. The lowest BCUT2D eigenvalue weighted by atomic mass is 10.0. The summed E-state index contributed by atoms with van der Waals surface area (Å²) in [5, 5.41) is 11.8. The van der Waals surface area contributed by atoms with Crippen molar-refractivity contribution in [2.75, 3.05) is 33.1 Å². The predicted octanol–water partition coefficient (Wildman–Crippen LogP) is 5.18. The fourth-order valence-electron chi connectivity index (χ4n) is 3.80. The Morgan fingerprint density at radius 1 is 1.17 bits per heavy atom. The van der Waals surface area contributed by atoms with Crippen LogP contribution in [0.4, 0.5) is 10.5 Å². The van der Waals surface area contributed by atoms with Gasteiger partial charge in [-0.15, -0.1) is 0 Å². The molecule has 194 valence electrons. The molecule has 0 aromatic heterocycles. The number of hydrogen-bond donors (Lipinski definition) is 2. The van der Waals surface area contributed by atoms with E-state index in [-0.39, 0.29) is 30.1 Å². The van der Waals surface area contributed by atoms with Gasteiger partial charge < -0.3 is 24.4 Å². The zero-order valence-electron chi connectivity index (χ0n) is 21.0. The molecule has 0 bridgehead atoms. The Labute approximate surface area is 215 Å². The highest BCUT2D eigenvalue weighted by molar-refractivity contribution is 6.32. The summed E-state index contributed by atoms with van der Waals surface area (Å²) in [7, 11) is 4.82. The monoisotopic (exact) mass is 517 g/mol. The quantitative estimate of drug-likeness (QED) is 0.499. The molecule has 2 aliphatic rings. The van der Waals surface area contributed by atoms with E-state index in [1.165, 1.54) is 42.2 Å². The van der Waals surface area contributed by atoms with E-state index in [0.717, 1.165) is 0 Å². The van der Waals surface area contributed by atoms with Crippen molar-refractivity contribution < 1.29 is 29.0 Å². The summed E-state index contributed by atoms with van der Waals surface area (Å²) in [5.41, 5.74) is 1.52. The average molecular weight is 518 g/mol. The molecule has 0 saturated heterocycles. The molecule has 0 spiro atoms. The summed E-state index contributed by atoms with van der Waals surface area (Å²) >= 11 is 6.36. The van der Waals surface area contributed by atoms with E-state index in [1.54, 1.807) is 38.4 Å². The summed E-state index contributed by atoms with van der Waals surface area (Å²) < 4.78 is 11.0. The normalized spacial score (nSPS) is 14.2. The van der Waals surface area contributed by atoms with Crippen LogP contribution in [-0.4, -0.2) is 60.6 Å². The van der Waals surface area contributed by atoms with Crippen molar-refractivity contribution in [1.82, 2.24) is 9.80 Å². The number of carboxylic acid groups (broad SMARTS) is 1. The number of nitrogens with zero attached hydrogens (tertiary/aromatic N) is 2. The molecule has 1 fully saturated rings. The molecule has 1 aliphatic heterocycles. The zero-order chi connectivity index (χ0) is 26.4. The fourth-order valence-corrected chi connectivity index (χ4v) is 4.02. The van der Waals surface area contributed by atoms with Gasteiger partial charge in [0, 0.05) is 31.2 Å². The number of ether oxygens (including phenoxy) is 2. The Morgan fingerprint density at radius 2 is 1.86 bits per heavy atom. The van der Waals surface area contributed by atoms with Crippen molar-refractivity contribution in [3.05, 3.63) is 52.0 Å². The fraction of sp³-hybridized carbons (Fsp3) is 0.423. The maximum atomic E-state index is 13.5. The number of carbonyl (C=O) groups is 3. The Kier molecular flexibility index (Phi) is 9.03. The molecule has 0 radical (unpaired) electrons. The third-order valence-corrected chi connectivity index (χ3v) is 6.12. The van der Waals surface area contributed by atoms with E-state index in [1.807, 2.05) is 6.92 Å². The van der Waals surface area contributed by atoms with Crippen LogP contribution in [-0.2, 0) is 11.3 Å². The van der Waals surface area contributed by atoms with Crippen molar-refractivity contribution in [3.63, 3.8) is 0 Å². The second kappa shape index (κ2) is 12.0. The number of nitrogens with one attached hydrogen (secondary N) is 1. The Morgan fingerprint density at radius 3 is 2.42 bits per heavy atom. The molecule has 1 saturated carbocycles. The van der Waals surface area contributed by atoms with Gasteiger partial charge in [-0.2, -0.15) is 0 Å². The Balaban J connectivity index is 0.00000112. The van der Waals surface area contributed by atoms with Gasteiger partial charge in [0.2, 0.25) is 5.91 Å². The molecule has 1 heterocycles. The van der Waals surface area contributed by atoms with Crippen LogP contribution in [0.15, 0.2) is 30.3 Å². The molecule has 36 heavy (non-hydrogen) atoms. The van der Waals surface area contributed by atoms with Crippen molar-refractivity contribution in [2.24, 2.45) is 0 Å². The standard InChI is InChI=1S/C23H26ClN3O6.C3H6/c1-5-33-19-10-13(6-9-18(19)32-4)17(11-20(28)26(2)3)27-12-14-15(24)7-8-16(25-23(30)31)21(14)22(27)29;1-2-3-1/h6-10,17,25H,5,11-12H2,1-4H3,(H,30,31);1-3H2/t17-;/m1./s1. The molecule has 4 rings (SSSR count). The Hall–Kier alpha value is -3.46. The van der Waals surface area contributed by atoms with Gasteiger partial charge in [-0.25, -0.2) is 4.79 Å². The van der Waals surface area contributed by atoms with Gasteiger partial charge in [-0.3, -0.25) is 14.9 Å². The van der Waals surface area contributed by atoms with Crippen molar-refractivity contribution in [2.45, 2.75) is 45.2 Å². The van der Waals surface area contributed by atoms with Crippen LogP contribution in [0.5, 0.6) is 11.5 Å². The van der Waals surface area contributed by atoms with E-state index in [9.17, 15) is 19.5 Å². The van der Waals surface area contributed by atoms with E-state index in [0.29, 0.717) is 34.3 Å². The zero-order valence-corrected chi connectivity index (χ0v) is 21.7. The summed E-state index contributed by atoms with van der Waals surface area (Å²) in [6.45, 7) is 2.39. The van der Waals surface area contributed by atoms with Gasteiger partial charge in [-0.1, -0.05) is 36.9 Å².